The summed E-state index contributed by atoms with van der Waals surface area (Å²) in [6, 6.07) is 4.80. The fraction of sp³-hybridized carbons (Fsp3) is 0.0909. The number of rotatable bonds is 2. The lowest BCUT2D eigenvalue weighted by molar-refractivity contribution is 0.0997. The minimum atomic E-state index is -0.592. The Bertz CT molecular complexity index is 569. The minimum absolute atomic E-state index is 0.262. The monoisotopic (exact) mass is 236 g/mol. The number of aliphatic hydroxyl groups excluding tert-OH is 1. The molecule has 1 aromatic carbocycles. The van der Waals surface area contributed by atoms with Crippen LogP contribution < -0.4 is 5.73 Å². The molecule has 2 aromatic rings. The van der Waals surface area contributed by atoms with Crippen molar-refractivity contribution in [2.45, 2.75) is 6.61 Å². The molecular weight excluding hydrogens is 228 g/mol. The van der Waals surface area contributed by atoms with Crippen LogP contribution in [0.4, 0.5) is 0 Å². The number of carbonyl (C=O) groups is 1. The number of benzene rings is 1. The molecule has 82 valence electrons. The van der Waals surface area contributed by atoms with E-state index in [-0.39, 0.29) is 12.2 Å². The molecule has 0 aliphatic rings. The molecule has 4 nitrogen and oxygen atoms in total. The molecule has 0 aliphatic heterocycles. The molecule has 0 bridgehead atoms. The highest BCUT2D eigenvalue weighted by Gasteiger charge is 2.11. The molecule has 16 heavy (non-hydrogen) atoms. The molecule has 0 atom stereocenters. The van der Waals surface area contributed by atoms with Crippen LogP contribution >= 0.6 is 11.6 Å². The maximum atomic E-state index is 11.2. The van der Waals surface area contributed by atoms with E-state index in [0.29, 0.717) is 21.5 Å². The van der Waals surface area contributed by atoms with E-state index in [4.69, 9.17) is 22.4 Å². The first-order chi connectivity index (χ1) is 7.63. The number of hydrogen-bond acceptors (Lipinski definition) is 3. The summed E-state index contributed by atoms with van der Waals surface area (Å²) >= 11 is 5.97. The molecule has 0 aliphatic carbocycles. The predicted octanol–water partition coefficient (Wildman–Crippen LogP) is 1.48. The SMILES string of the molecule is NC(=O)c1cc2c(Cl)ccnc2cc1CO. The van der Waals surface area contributed by atoms with Crippen molar-refractivity contribution in [2.75, 3.05) is 0 Å². The second-order valence-corrected chi connectivity index (χ2v) is 3.75. The molecule has 5 heteroatoms. The second kappa shape index (κ2) is 4.08. The first-order valence-electron chi connectivity index (χ1n) is 4.61. The van der Waals surface area contributed by atoms with Gasteiger partial charge in [0, 0.05) is 17.1 Å². The zero-order valence-electron chi connectivity index (χ0n) is 8.27. The summed E-state index contributed by atoms with van der Waals surface area (Å²) < 4.78 is 0. The number of hydrogen-bond donors (Lipinski definition) is 2. The zero-order chi connectivity index (χ0) is 11.7. The number of fused-ring (bicyclic) bond motifs is 1. The van der Waals surface area contributed by atoms with Crippen molar-refractivity contribution in [2.24, 2.45) is 5.73 Å². The Morgan fingerprint density at radius 1 is 1.50 bits per heavy atom. The van der Waals surface area contributed by atoms with Crippen molar-refractivity contribution in [3.8, 4) is 0 Å². The Morgan fingerprint density at radius 3 is 2.88 bits per heavy atom. The topological polar surface area (TPSA) is 76.2 Å². The number of amides is 1. The molecule has 0 radical (unpaired) electrons. The van der Waals surface area contributed by atoms with Crippen molar-refractivity contribution in [1.29, 1.82) is 0 Å². The van der Waals surface area contributed by atoms with E-state index in [9.17, 15) is 4.79 Å². The average molecular weight is 237 g/mol. The lowest BCUT2D eigenvalue weighted by Gasteiger charge is -2.07. The molecular formula is C11H9ClN2O2. The molecule has 2 rings (SSSR count). The first-order valence-corrected chi connectivity index (χ1v) is 4.99. The quantitative estimate of drug-likeness (QED) is 0.829. The summed E-state index contributed by atoms with van der Waals surface area (Å²) in [5, 5.41) is 10.3. The summed E-state index contributed by atoms with van der Waals surface area (Å²) in [6.07, 6.45) is 1.57. The maximum Gasteiger partial charge on any atom is 0.249 e. The lowest BCUT2D eigenvalue weighted by Crippen LogP contribution is -2.14. The van der Waals surface area contributed by atoms with Gasteiger partial charge in [0.25, 0.3) is 0 Å². The van der Waals surface area contributed by atoms with E-state index in [2.05, 4.69) is 4.98 Å². The summed E-state index contributed by atoms with van der Waals surface area (Å²) in [5.74, 6) is -0.592. The van der Waals surface area contributed by atoms with Gasteiger partial charge < -0.3 is 10.8 Å². The summed E-state index contributed by atoms with van der Waals surface area (Å²) in [5.41, 5.74) is 6.57. The number of aliphatic hydroxyl groups is 1. The van der Waals surface area contributed by atoms with E-state index in [1.165, 1.54) is 0 Å². The van der Waals surface area contributed by atoms with E-state index >= 15 is 0 Å². The molecule has 0 unspecified atom stereocenters. The standard InChI is InChI=1S/C11H9ClN2O2/c12-9-1-2-14-10-3-6(5-15)7(11(13)16)4-8(9)10/h1-4,15H,5H2,(H2,13,16). The van der Waals surface area contributed by atoms with E-state index < -0.39 is 5.91 Å². The molecule has 0 saturated carbocycles. The van der Waals surface area contributed by atoms with Crippen LogP contribution in [0.3, 0.4) is 0 Å². The highest BCUT2D eigenvalue weighted by Crippen LogP contribution is 2.24. The number of nitrogens with zero attached hydrogens (tertiary/aromatic N) is 1. The first kappa shape index (κ1) is 10.9. The summed E-state index contributed by atoms with van der Waals surface area (Å²) in [7, 11) is 0. The smallest absolute Gasteiger partial charge is 0.249 e. The van der Waals surface area contributed by atoms with Crippen LogP contribution in [0.2, 0.25) is 5.02 Å². The average Bonchev–Trinajstić information content (AvgIpc) is 2.27. The van der Waals surface area contributed by atoms with Crippen LogP contribution in [-0.2, 0) is 6.61 Å². The maximum absolute atomic E-state index is 11.2. The van der Waals surface area contributed by atoms with E-state index in [1.807, 2.05) is 0 Å². The summed E-state index contributed by atoms with van der Waals surface area (Å²) in [4.78, 5) is 15.3. The van der Waals surface area contributed by atoms with Gasteiger partial charge in [0.05, 0.1) is 17.1 Å². The van der Waals surface area contributed by atoms with E-state index in [1.54, 1.807) is 24.4 Å². The molecule has 1 heterocycles. The van der Waals surface area contributed by atoms with Crippen LogP contribution in [0.1, 0.15) is 15.9 Å². The Morgan fingerprint density at radius 2 is 2.25 bits per heavy atom. The third-order valence-corrected chi connectivity index (χ3v) is 2.68. The number of halogens is 1. The lowest BCUT2D eigenvalue weighted by atomic mass is 10.0. The molecule has 1 aromatic heterocycles. The third-order valence-electron chi connectivity index (χ3n) is 2.35. The van der Waals surface area contributed by atoms with Gasteiger partial charge in [0.15, 0.2) is 0 Å². The highest BCUT2D eigenvalue weighted by atomic mass is 35.5. The highest BCUT2D eigenvalue weighted by molar-refractivity contribution is 6.35. The third kappa shape index (κ3) is 1.73. The van der Waals surface area contributed by atoms with Gasteiger partial charge in [-0.1, -0.05) is 11.6 Å². The fourth-order valence-electron chi connectivity index (χ4n) is 1.56. The van der Waals surface area contributed by atoms with Gasteiger partial charge in [-0.05, 0) is 23.8 Å². The number of pyridine rings is 1. The van der Waals surface area contributed by atoms with Crippen LogP contribution in [-0.4, -0.2) is 16.0 Å². The molecule has 0 fully saturated rings. The van der Waals surface area contributed by atoms with Crippen molar-refractivity contribution in [1.82, 2.24) is 4.98 Å². The Labute approximate surface area is 96.7 Å². The second-order valence-electron chi connectivity index (χ2n) is 3.34. The van der Waals surface area contributed by atoms with Crippen molar-refractivity contribution in [3.05, 3.63) is 40.5 Å². The molecule has 0 saturated heterocycles. The van der Waals surface area contributed by atoms with Crippen LogP contribution in [0.25, 0.3) is 10.9 Å². The molecule has 1 amide bonds. The Balaban J connectivity index is 2.81. The Kier molecular flexibility index (Phi) is 2.77. The molecule has 3 N–H and O–H groups in total. The van der Waals surface area contributed by atoms with Gasteiger partial charge >= 0.3 is 0 Å². The Hall–Kier alpha value is -1.65. The van der Waals surface area contributed by atoms with Crippen LogP contribution in [0, 0.1) is 0 Å². The number of aromatic nitrogens is 1. The van der Waals surface area contributed by atoms with Crippen LogP contribution in [0.15, 0.2) is 24.4 Å². The number of primary amides is 1. The predicted molar refractivity (Wildman–Crippen MR) is 61.2 cm³/mol. The number of nitrogens with two attached hydrogens (primary N) is 1. The van der Waals surface area contributed by atoms with Gasteiger partial charge in [0.2, 0.25) is 5.91 Å². The molecule has 0 spiro atoms. The largest absolute Gasteiger partial charge is 0.392 e. The van der Waals surface area contributed by atoms with Crippen LogP contribution in [0.5, 0.6) is 0 Å². The van der Waals surface area contributed by atoms with E-state index in [0.717, 1.165) is 0 Å². The number of carbonyl (C=O) groups excluding carboxylic acids is 1. The normalized spacial score (nSPS) is 10.6. The fourth-order valence-corrected chi connectivity index (χ4v) is 1.77. The van der Waals surface area contributed by atoms with Crippen molar-refractivity contribution >= 4 is 28.4 Å². The van der Waals surface area contributed by atoms with Gasteiger partial charge in [-0.25, -0.2) is 0 Å². The van der Waals surface area contributed by atoms with Gasteiger partial charge in [0.1, 0.15) is 0 Å². The summed E-state index contributed by atoms with van der Waals surface area (Å²) in [6.45, 7) is -0.262. The van der Waals surface area contributed by atoms with Crippen molar-refractivity contribution < 1.29 is 9.90 Å². The van der Waals surface area contributed by atoms with Gasteiger partial charge in [-0.3, -0.25) is 9.78 Å². The zero-order valence-corrected chi connectivity index (χ0v) is 9.03. The van der Waals surface area contributed by atoms with Gasteiger partial charge in [-0.15, -0.1) is 0 Å². The van der Waals surface area contributed by atoms with Crippen molar-refractivity contribution in [3.63, 3.8) is 0 Å². The van der Waals surface area contributed by atoms with Gasteiger partial charge in [-0.2, -0.15) is 0 Å². The minimum Gasteiger partial charge on any atom is -0.392 e.